The fraction of sp³-hybridized carbons (Fsp3) is 0.421. The van der Waals surface area contributed by atoms with Crippen molar-refractivity contribution < 1.29 is 13.2 Å². The van der Waals surface area contributed by atoms with Gasteiger partial charge in [-0.15, -0.1) is 0 Å². The number of nitrogens with zero attached hydrogens (tertiary/aromatic N) is 3. The Morgan fingerprint density at radius 1 is 1.23 bits per heavy atom. The number of benzene rings is 1. The summed E-state index contributed by atoms with van der Waals surface area (Å²) in [7, 11) is 0. The molecule has 0 fully saturated rings. The van der Waals surface area contributed by atoms with Gasteiger partial charge in [0, 0.05) is 30.6 Å². The fourth-order valence-corrected chi connectivity index (χ4v) is 2.55. The van der Waals surface area contributed by atoms with Gasteiger partial charge in [-0.3, -0.25) is 0 Å². The molecule has 4 nitrogen and oxygen atoms in total. The molecular formula is C19H23F3N4. The molecule has 0 unspecified atom stereocenters. The van der Waals surface area contributed by atoms with Crippen LogP contribution in [0.2, 0.25) is 0 Å². The summed E-state index contributed by atoms with van der Waals surface area (Å²) in [6, 6.07) is 7.63. The molecule has 2 aromatic rings. The summed E-state index contributed by atoms with van der Waals surface area (Å²) in [6.45, 7) is 5.98. The van der Waals surface area contributed by atoms with E-state index in [0.717, 1.165) is 24.0 Å². The lowest BCUT2D eigenvalue weighted by atomic mass is 10.1. The number of nitrogens with one attached hydrogen (secondary N) is 1. The number of hydrogen-bond donors (Lipinski definition) is 1. The summed E-state index contributed by atoms with van der Waals surface area (Å²) in [4.78, 5) is 11.6. The summed E-state index contributed by atoms with van der Waals surface area (Å²) >= 11 is 0. The van der Waals surface area contributed by atoms with Crippen LogP contribution in [0.3, 0.4) is 0 Å². The van der Waals surface area contributed by atoms with Gasteiger partial charge in [-0.25, -0.2) is 15.0 Å². The van der Waals surface area contributed by atoms with Crippen molar-refractivity contribution in [2.75, 3.05) is 0 Å². The van der Waals surface area contributed by atoms with E-state index in [1.54, 1.807) is 0 Å². The number of aliphatic imine (C=N–C) groups is 1. The molecule has 0 spiro atoms. The van der Waals surface area contributed by atoms with Crippen LogP contribution in [-0.2, 0) is 12.7 Å². The molecule has 0 aliphatic rings. The molecule has 0 amide bonds. The Kier molecular flexibility index (Phi) is 6.85. The van der Waals surface area contributed by atoms with Crippen molar-refractivity contribution in [3.8, 4) is 0 Å². The molecule has 26 heavy (non-hydrogen) atoms. The third kappa shape index (κ3) is 5.62. The SMILES string of the molecule is CCC(CC)NCc1cnc(/N=C/c2cccc(C)c2)nc1C(F)(F)F. The summed E-state index contributed by atoms with van der Waals surface area (Å²) in [6.07, 6.45) is -0.199. The maximum absolute atomic E-state index is 13.4. The van der Waals surface area contributed by atoms with Crippen LogP contribution < -0.4 is 5.32 Å². The highest BCUT2D eigenvalue weighted by molar-refractivity contribution is 5.81. The first-order valence-electron chi connectivity index (χ1n) is 8.60. The molecule has 7 heteroatoms. The Morgan fingerprint density at radius 2 is 1.96 bits per heavy atom. The van der Waals surface area contributed by atoms with E-state index in [2.05, 4.69) is 20.3 Å². The van der Waals surface area contributed by atoms with Crippen LogP contribution in [0.4, 0.5) is 19.1 Å². The quantitative estimate of drug-likeness (QED) is 0.716. The average Bonchev–Trinajstić information content (AvgIpc) is 2.60. The van der Waals surface area contributed by atoms with Crippen molar-refractivity contribution >= 4 is 12.2 Å². The van der Waals surface area contributed by atoms with Gasteiger partial charge in [0.2, 0.25) is 5.95 Å². The molecule has 2 rings (SSSR count). The maximum Gasteiger partial charge on any atom is 0.433 e. The number of rotatable bonds is 7. The lowest BCUT2D eigenvalue weighted by Gasteiger charge is -2.17. The zero-order valence-corrected chi connectivity index (χ0v) is 15.1. The van der Waals surface area contributed by atoms with E-state index in [9.17, 15) is 13.2 Å². The van der Waals surface area contributed by atoms with Crippen molar-refractivity contribution in [2.24, 2.45) is 4.99 Å². The minimum atomic E-state index is -4.55. The Bertz CT molecular complexity index is 753. The zero-order valence-electron chi connectivity index (χ0n) is 15.1. The summed E-state index contributed by atoms with van der Waals surface area (Å²) in [5.41, 5.74) is 0.900. The second-order valence-corrected chi connectivity index (χ2v) is 6.11. The van der Waals surface area contributed by atoms with E-state index in [1.165, 1.54) is 12.4 Å². The van der Waals surface area contributed by atoms with E-state index in [-0.39, 0.29) is 24.1 Å². The van der Waals surface area contributed by atoms with Crippen LogP contribution in [0, 0.1) is 6.92 Å². The summed E-state index contributed by atoms with van der Waals surface area (Å²) < 4.78 is 40.1. The van der Waals surface area contributed by atoms with E-state index < -0.39 is 11.9 Å². The molecule has 1 heterocycles. The number of halogens is 3. The van der Waals surface area contributed by atoms with Crippen molar-refractivity contribution in [3.63, 3.8) is 0 Å². The van der Waals surface area contributed by atoms with Gasteiger partial charge >= 0.3 is 6.18 Å². The third-order valence-electron chi connectivity index (χ3n) is 4.06. The summed E-state index contributed by atoms with van der Waals surface area (Å²) in [5.74, 6) is -0.204. The maximum atomic E-state index is 13.4. The average molecular weight is 364 g/mol. The fourth-order valence-electron chi connectivity index (χ4n) is 2.55. The number of aryl methyl sites for hydroxylation is 1. The number of hydrogen-bond acceptors (Lipinski definition) is 4. The van der Waals surface area contributed by atoms with Crippen LogP contribution in [0.15, 0.2) is 35.5 Å². The highest BCUT2D eigenvalue weighted by Gasteiger charge is 2.36. The first-order chi connectivity index (χ1) is 12.3. The highest BCUT2D eigenvalue weighted by Crippen LogP contribution is 2.31. The molecule has 0 radical (unpaired) electrons. The minimum Gasteiger partial charge on any atom is -0.310 e. The number of aromatic nitrogens is 2. The smallest absolute Gasteiger partial charge is 0.310 e. The predicted molar refractivity (Wildman–Crippen MR) is 96.7 cm³/mol. The van der Waals surface area contributed by atoms with Crippen molar-refractivity contribution in [2.45, 2.75) is 52.4 Å². The van der Waals surface area contributed by atoms with E-state index >= 15 is 0 Å². The van der Waals surface area contributed by atoms with Crippen LogP contribution in [-0.4, -0.2) is 22.2 Å². The zero-order chi connectivity index (χ0) is 19.2. The largest absolute Gasteiger partial charge is 0.433 e. The van der Waals surface area contributed by atoms with Gasteiger partial charge in [-0.05, 0) is 25.3 Å². The predicted octanol–water partition coefficient (Wildman–Crippen LogP) is 4.83. The van der Waals surface area contributed by atoms with Crippen molar-refractivity contribution in [1.82, 2.24) is 15.3 Å². The van der Waals surface area contributed by atoms with Crippen LogP contribution in [0.5, 0.6) is 0 Å². The Labute approximate surface area is 151 Å². The second-order valence-electron chi connectivity index (χ2n) is 6.11. The highest BCUT2D eigenvalue weighted by atomic mass is 19.4. The van der Waals surface area contributed by atoms with E-state index in [0.29, 0.717) is 0 Å². The molecule has 0 aliphatic carbocycles. The Hall–Kier alpha value is -2.28. The molecular weight excluding hydrogens is 341 g/mol. The first-order valence-corrected chi connectivity index (χ1v) is 8.60. The van der Waals surface area contributed by atoms with E-state index in [4.69, 9.17) is 0 Å². The monoisotopic (exact) mass is 364 g/mol. The molecule has 0 atom stereocenters. The molecule has 0 saturated heterocycles. The molecule has 1 aromatic carbocycles. The molecule has 0 saturated carbocycles. The standard InChI is InChI=1S/C19H23F3N4/c1-4-16(5-2)23-11-15-12-25-18(26-17(15)19(20,21)22)24-10-14-8-6-7-13(3)9-14/h6-10,12,16,23H,4-5,11H2,1-3H3/b24-10+. The lowest BCUT2D eigenvalue weighted by molar-refractivity contribution is -0.141. The van der Waals surface area contributed by atoms with Gasteiger partial charge in [0.25, 0.3) is 0 Å². The van der Waals surface area contributed by atoms with Crippen LogP contribution in [0.1, 0.15) is 49.1 Å². The van der Waals surface area contributed by atoms with Gasteiger partial charge in [0.15, 0.2) is 5.69 Å². The van der Waals surface area contributed by atoms with Crippen molar-refractivity contribution in [3.05, 3.63) is 52.8 Å². The minimum absolute atomic E-state index is 0.0268. The van der Waals surface area contributed by atoms with Gasteiger partial charge in [-0.2, -0.15) is 13.2 Å². The van der Waals surface area contributed by atoms with Crippen LogP contribution in [0.25, 0.3) is 0 Å². The molecule has 0 bridgehead atoms. The first kappa shape index (κ1) is 20.0. The van der Waals surface area contributed by atoms with Gasteiger partial charge in [0.1, 0.15) is 0 Å². The molecule has 0 aliphatic heterocycles. The molecule has 140 valence electrons. The normalized spacial score (nSPS) is 12.3. The number of alkyl halides is 3. The lowest BCUT2D eigenvalue weighted by Crippen LogP contribution is -2.28. The van der Waals surface area contributed by atoms with E-state index in [1.807, 2.05) is 45.0 Å². The Morgan fingerprint density at radius 3 is 2.58 bits per heavy atom. The molecule has 1 aromatic heterocycles. The van der Waals surface area contributed by atoms with Crippen LogP contribution >= 0.6 is 0 Å². The topological polar surface area (TPSA) is 50.2 Å². The second kappa shape index (κ2) is 8.89. The third-order valence-corrected chi connectivity index (χ3v) is 4.06. The van der Waals surface area contributed by atoms with Gasteiger partial charge in [0.05, 0.1) is 0 Å². The van der Waals surface area contributed by atoms with Gasteiger partial charge in [-0.1, -0.05) is 43.7 Å². The molecule has 1 N–H and O–H groups in total. The van der Waals surface area contributed by atoms with Gasteiger partial charge < -0.3 is 5.32 Å². The Balaban J connectivity index is 2.24. The summed E-state index contributed by atoms with van der Waals surface area (Å²) in [5, 5.41) is 3.11. The van der Waals surface area contributed by atoms with Crippen molar-refractivity contribution in [1.29, 1.82) is 0 Å².